The molecule has 2 aromatic heterocycles. The molecule has 8 heteroatoms. The number of benzene rings is 1. The van der Waals surface area contributed by atoms with E-state index in [4.69, 9.17) is 0 Å². The largest absolute Gasteiger partial charge is 0.463 e. The van der Waals surface area contributed by atoms with E-state index < -0.39 is 5.97 Å². The van der Waals surface area contributed by atoms with Gasteiger partial charge in [-0.2, -0.15) is 4.91 Å². The normalized spacial score (nSPS) is 11.2. The zero-order valence-electron chi connectivity index (χ0n) is 13.6. The number of hydrogen-bond donors (Lipinski definition) is 0. The fraction of sp³-hybridized carbons (Fsp3) is 0.312. The van der Waals surface area contributed by atoms with E-state index in [2.05, 4.69) is 38.4 Å². The number of esters is 1. The zero-order chi connectivity index (χ0) is 17.3. The molecule has 1 aromatic carbocycles. The Bertz CT molecular complexity index is 910. The summed E-state index contributed by atoms with van der Waals surface area (Å²) in [5, 5.41) is 8.05. The van der Waals surface area contributed by atoms with Gasteiger partial charge in [-0.1, -0.05) is 5.18 Å². The molecule has 0 aliphatic carbocycles. The van der Waals surface area contributed by atoms with Crippen molar-refractivity contribution < 1.29 is 9.53 Å². The summed E-state index contributed by atoms with van der Waals surface area (Å²) in [6.07, 6.45) is 3.40. The molecule has 0 N–H and O–H groups in total. The minimum Gasteiger partial charge on any atom is -0.463 e. The number of carbonyl (C=O) groups is 1. The highest BCUT2D eigenvalue weighted by molar-refractivity contribution is 5.86. The second kappa shape index (κ2) is 6.23. The molecule has 0 atom stereocenters. The highest BCUT2D eigenvalue weighted by Gasteiger charge is 2.15. The number of ether oxygens (including phenoxy) is 1. The average molecular weight is 327 g/mol. The van der Waals surface area contributed by atoms with E-state index in [0.717, 1.165) is 22.2 Å². The van der Waals surface area contributed by atoms with Crippen LogP contribution in [0.25, 0.3) is 16.6 Å². The predicted octanol–water partition coefficient (Wildman–Crippen LogP) is 2.86. The molecule has 3 rings (SSSR count). The summed E-state index contributed by atoms with van der Waals surface area (Å²) in [5.41, 5.74) is 2.60. The highest BCUT2D eigenvalue weighted by atomic mass is 16.5. The average Bonchev–Trinajstić information content (AvgIpc) is 3.19. The number of aromatic nitrogens is 4. The molecule has 0 radical (unpaired) electrons. The van der Waals surface area contributed by atoms with Gasteiger partial charge in [-0.15, -0.1) is 5.10 Å². The summed E-state index contributed by atoms with van der Waals surface area (Å²) < 4.78 is 8.20. The van der Waals surface area contributed by atoms with E-state index in [1.165, 1.54) is 18.1 Å². The maximum Gasteiger partial charge on any atom is 0.377 e. The number of hydrogen-bond acceptors (Lipinski definition) is 6. The SMILES string of the molecule is COC(=O)c1ncn(-c2ccc3c(c2)c(CN=O)cn3C(C)C)n1. The van der Waals surface area contributed by atoms with Crippen LogP contribution in [0, 0.1) is 4.91 Å². The Morgan fingerprint density at radius 3 is 2.83 bits per heavy atom. The van der Waals surface area contributed by atoms with Crippen molar-refractivity contribution in [2.45, 2.75) is 26.4 Å². The monoisotopic (exact) mass is 327 g/mol. The van der Waals surface area contributed by atoms with Gasteiger partial charge >= 0.3 is 5.97 Å². The van der Waals surface area contributed by atoms with Crippen LogP contribution in [0.15, 0.2) is 35.9 Å². The fourth-order valence-corrected chi connectivity index (χ4v) is 2.65. The third kappa shape index (κ3) is 2.66. The lowest BCUT2D eigenvalue weighted by Crippen LogP contribution is -2.05. The lowest BCUT2D eigenvalue weighted by molar-refractivity contribution is 0.0587. The summed E-state index contributed by atoms with van der Waals surface area (Å²) >= 11 is 0. The molecule has 0 spiro atoms. The fourth-order valence-electron chi connectivity index (χ4n) is 2.65. The van der Waals surface area contributed by atoms with Gasteiger partial charge in [0.25, 0.3) is 5.82 Å². The number of carbonyl (C=O) groups excluding carboxylic acids is 1. The molecule has 0 aliphatic rings. The summed E-state index contributed by atoms with van der Waals surface area (Å²) in [7, 11) is 1.28. The van der Waals surface area contributed by atoms with E-state index >= 15 is 0 Å². The number of rotatable bonds is 5. The van der Waals surface area contributed by atoms with E-state index in [0.29, 0.717) is 0 Å². The zero-order valence-corrected chi connectivity index (χ0v) is 13.6. The van der Waals surface area contributed by atoms with Crippen LogP contribution < -0.4 is 0 Å². The van der Waals surface area contributed by atoms with Crippen LogP contribution in [-0.4, -0.2) is 32.4 Å². The Labute approximate surface area is 138 Å². The first kappa shape index (κ1) is 15.9. The molecule has 3 aromatic rings. The van der Waals surface area contributed by atoms with E-state index in [-0.39, 0.29) is 18.4 Å². The summed E-state index contributed by atoms with van der Waals surface area (Å²) in [5.74, 6) is -0.598. The van der Waals surface area contributed by atoms with E-state index in [1.54, 1.807) is 0 Å². The van der Waals surface area contributed by atoms with E-state index in [9.17, 15) is 9.70 Å². The Morgan fingerprint density at radius 2 is 2.17 bits per heavy atom. The standard InChI is InChI=1S/C16H17N5O3/c1-10(2)20-8-11(7-18-23)13-6-12(4-5-14(13)20)21-9-17-15(19-21)16(22)24-3/h4-6,8-10H,7H2,1-3H3. The lowest BCUT2D eigenvalue weighted by atomic mass is 10.1. The van der Waals surface area contributed by atoms with Gasteiger partial charge in [-0.25, -0.2) is 14.5 Å². The second-order valence-corrected chi connectivity index (χ2v) is 5.65. The predicted molar refractivity (Wildman–Crippen MR) is 88.1 cm³/mol. The first-order chi connectivity index (χ1) is 11.5. The molecule has 0 saturated heterocycles. The molecule has 0 fully saturated rings. The Morgan fingerprint density at radius 1 is 1.38 bits per heavy atom. The van der Waals surface area contributed by atoms with Crippen molar-refractivity contribution in [2.24, 2.45) is 5.18 Å². The first-order valence-corrected chi connectivity index (χ1v) is 7.48. The summed E-state index contributed by atoms with van der Waals surface area (Å²) in [6.45, 7) is 4.25. The van der Waals surface area contributed by atoms with Gasteiger partial charge in [0.15, 0.2) is 0 Å². The van der Waals surface area contributed by atoms with Crippen molar-refractivity contribution in [3.05, 3.63) is 47.0 Å². The van der Waals surface area contributed by atoms with Crippen molar-refractivity contribution in [3.8, 4) is 5.69 Å². The van der Waals surface area contributed by atoms with Crippen LogP contribution in [0.5, 0.6) is 0 Å². The van der Waals surface area contributed by atoms with Gasteiger partial charge < -0.3 is 9.30 Å². The van der Waals surface area contributed by atoms with Crippen molar-refractivity contribution in [1.82, 2.24) is 19.3 Å². The molecule has 0 saturated carbocycles. The van der Waals surface area contributed by atoms with Crippen molar-refractivity contribution >= 4 is 16.9 Å². The number of nitroso groups, excluding NO2 is 1. The molecule has 2 heterocycles. The van der Waals surface area contributed by atoms with Crippen LogP contribution >= 0.6 is 0 Å². The van der Waals surface area contributed by atoms with Crippen molar-refractivity contribution in [2.75, 3.05) is 7.11 Å². The summed E-state index contributed by atoms with van der Waals surface area (Å²) in [4.78, 5) is 26.1. The van der Waals surface area contributed by atoms with Crippen LogP contribution in [0.1, 0.15) is 36.1 Å². The van der Waals surface area contributed by atoms with Crippen molar-refractivity contribution in [1.29, 1.82) is 0 Å². The third-order valence-electron chi connectivity index (χ3n) is 3.81. The molecule has 24 heavy (non-hydrogen) atoms. The second-order valence-electron chi connectivity index (χ2n) is 5.65. The highest BCUT2D eigenvalue weighted by Crippen LogP contribution is 2.27. The topological polar surface area (TPSA) is 91.4 Å². The molecular weight excluding hydrogens is 310 g/mol. The number of methoxy groups -OCH3 is 1. The molecular formula is C16H17N5O3. The number of nitrogens with zero attached hydrogens (tertiary/aromatic N) is 5. The van der Waals surface area contributed by atoms with Gasteiger partial charge in [0, 0.05) is 28.7 Å². The van der Waals surface area contributed by atoms with Gasteiger partial charge in [0.2, 0.25) is 0 Å². The van der Waals surface area contributed by atoms with Crippen LogP contribution in [0.2, 0.25) is 0 Å². The third-order valence-corrected chi connectivity index (χ3v) is 3.81. The maximum absolute atomic E-state index is 11.5. The minimum atomic E-state index is -0.591. The minimum absolute atomic E-state index is 0.00729. The molecule has 0 aliphatic heterocycles. The maximum atomic E-state index is 11.5. The Balaban J connectivity index is 2.10. The summed E-state index contributed by atoms with van der Waals surface area (Å²) in [6, 6.07) is 6.01. The van der Waals surface area contributed by atoms with Gasteiger partial charge in [-0.3, -0.25) is 0 Å². The molecule has 124 valence electrons. The van der Waals surface area contributed by atoms with E-state index in [1.807, 2.05) is 24.4 Å². The Hall–Kier alpha value is -3.03. The lowest BCUT2D eigenvalue weighted by Gasteiger charge is -2.09. The molecule has 0 amide bonds. The van der Waals surface area contributed by atoms with Gasteiger partial charge in [0.1, 0.15) is 12.9 Å². The number of fused-ring (bicyclic) bond motifs is 1. The van der Waals surface area contributed by atoms with Crippen molar-refractivity contribution in [3.63, 3.8) is 0 Å². The first-order valence-electron chi connectivity index (χ1n) is 7.48. The molecule has 0 bridgehead atoms. The van der Waals surface area contributed by atoms with Gasteiger partial charge in [0.05, 0.1) is 12.8 Å². The van der Waals surface area contributed by atoms with Gasteiger partial charge in [-0.05, 0) is 32.0 Å². The van der Waals surface area contributed by atoms with Crippen LogP contribution in [0.3, 0.4) is 0 Å². The molecule has 8 nitrogen and oxygen atoms in total. The smallest absolute Gasteiger partial charge is 0.377 e. The van der Waals surface area contributed by atoms with Crippen LogP contribution in [0.4, 0.5) is 0 Å². The quantitative estimate of drug-likeness (QED) is 0.531. The van der Waals surface area contributed by atoms with Crippen LogP contribution in [-0.2, 0) is 11.3 Å². The molecule has 0 unspecified atom stereocenters. The Kier molecular flexibility index (Phi) is 4.11.